The number of methoxy groups -OCH3 is 2. The number of rotatable bonds is 8. The number of carbonyl (C=O) groups is 1. The Hall–Kier alpha value is -3.41. The minimum Gasteiger partial charge on any atom is -0.497 e. The molecule has 9 nitrogen and oxygen atoms in total. The molecule has 0 radical (unpaired) electrons. The van der Waals surface area contributed by atoms with Crippen molar-refractivity contribution in [3.63, 3.8) is 0 Å². The Morgan fingerprint density at radius 2 is 1.90 bits per heavy atom. The summed E-state index contributed by atoms with van der Waals surface area (Å²) in [6.45, 7) is 3.38. The van der Waals surface area contributed by atoms with Gasteiger partial charge in [-0.25, -0.2) is 13.4 Å². The van der Waals surface area contributed by atoms with Crippen LogP contribution in [0.3, 0.4) is 0 Å². The van der Waals surface area contributed by atoms with Crippen molar-refractivity contribution < 1.29 is 22.7 Å². The van der Waals surface area contributed by atoms with Crippen LogP contribution in [0.2, 0.25) is 0 Å². The molecule has 1 amide bonds. The van der Waals surface area contributed by atoms with E-state index < -0.39 is 16.1 Å². The highest BCUT2D eigenvalue weighted by molar-refractivity contribution is 7.89. The number of carbonyl (C=O) groups excluding carboxylic acids is 1. The molecule has 0 spiro atoms. The van der Waals surface area contributed by atoms with Crippen molar-refractivity contribution in [3.8, 4) is 11.5 Å². The number of fused-ring (bicyclic) bond motifs is 2. The molecule has 11 heteroatoms. The molecule has 3 N–H and O–H groups in total. The molecule has 1 fully saturated rings. The van der Waals surface area contributed by atoms with Gasteiger partial charge >= 0.3 is 0 Å². The predicted octanol–water partition coefficient (Wildman–Crippen LogP) is 4.20. The second-order valence-electron chi connectivity index (χ2n) is 9.92. The summed E-state index contributed by atoms with van der Waals surface area (Å²) in [5, 5.41) is 2.20. The van der Waals surface area contributed by atoms with E-state index in [1.807, 2.05) is 12.1 Å². The van der Waals surface area contributed by atoms with Gasteiger partial charge in [-0.1, -0.05) is 13.0 Å². The number of thiophene rings is 1. The third-order valence-electron chi connectivity index (χ3n) is 7.25. The average Bonchev–Trinajstić information content (AvgIpc) is 3.35. The molecule has 0 saturated carbocycles. The Morgan fingerprint density at radius 3 is 2.59 bits per heavy atom. The minimum absolute atomic E-state index is 0.0202. The summed E-state index contributed by atoms with van der Waals surface area (Å²) in [7, 11) is -1.04. The van der Waals surface area contributed by atoms with Crippen LogP contribution in [0.15, 0.2) is 53.6 Å². The van der Waals surface area contributed by atoms with Gasteiger partial charge in [0, 0.05) is 52.1 Å². The number of aromatic nitrogens is 1. The number of ether oxygens (including phenoxy) is 2. The molecular formula is C28H32N4O5S2. The quantitative estimate of drug-likeness (QED) is 0.327. The number of amides is 1. The zero-order chi connectivity index (χ0) is 27.7. The number of nitrogens with zero attached hydrogens (tertiary/aromatic N) is 2. The molecule has 2 aromatic heterocycles. The van der Waals surface area contributed by atoms with Crippen LogP contribution in [-0.2, 0) is 21.2 Å². The van der Waals surface area contributed by atoms with Gasteiger partial charge < -0.3 is 20.1 Å². The van der Waals surface area contributed by atoms with E-state index in [1.165, 1.54) is 24.5 Å². The van der Waals surface area contributed by atoms with Crippen molar-refractivity contribution in [1.29, 1.82) is 0 Å². The second kappa shape index (κ2) is 11.0. The monoisotopic (exact) mass is 568 g/mol. The number of anilines is 1. The van der Waals surface area contributed by atoms with Crippen LogP contribution in [0.1, 0.15) is 24.6 Å². The topological polar surface area (TPSA) is 124 Å². The number of piperidine rings is 1. The minimum atomic E-state index is -4.09. The molecule has 2 aromatic carbocycles. The standard InChI is InChI=1S/C28H32N4O5S2/c1-17-7-10-32(11-8-17)28(33)24(15-20-14-23-26(38-20)6-9-30-27(23)29)31-39(34,35)21-12-18-4-5-19(36-2)13-22(18)25(16-21)37-3/h4-6,9,12-14,16-17,24,31H,7-8,10-11,15H2,1-3H3,(H2,29,30). The molecule has 1 unspecified atom stereocenters. The average molecular weight is 569 g/mol. The van der Waals surface area contributed by atoms with Crippen LogP contribution in [0, 0.1) is 5.92 Å². The first kappa shape index (κ1) is 27.2. The van der Waals surface area contributed by atoms with Gasteiger partial charge in [0.25, 0.3) is 0 Å². The smallest absolute Gasteiger partial charge is 0.241 e. The summed E-state index contributed by atoms with van der Waals surface area (Å²) in [4.78, 5) is 20.5. The number of sulfonamides is 1. The summed E-state index contributed by atoms with van der Waals surface area (Å²) >= 11 is 1.48. The summed E-state index contributed by atoms with van der Waals surface area (Å²) in [5.74, 6) is 1.74. The third-order valence-corrected chi connectivity index (χ3v) is 9.82. The highest BCUT2D eigenvalue weighted by Crippen LogP contribution is 2.33. The van der Waals surface area contributed by atoms with E-state index in [2.05, 4.69) is 16.6 Å². The molecule has 0 aliphatic carbocycles. The van der Waals surface area contributed by atoms with Crippen LogP contribution >= 0.6 is 11.3 Å². The van der Waals surface area contributed by atoms with Crippen molar-refractivity contribution in [1.82, 2.24) is 14.6 Å². The predicted molar refractivity (Wildman–Crippen MR) is 154 cm³/mol. The Morgan fingerprint density at radius 1 is 1.13 bits per heavy atom. The van der Waals surface area contributed by atoms with Gasteiger partial charge in [0.05, 0.1) is 19.1 Å². The largest absolute Gasteiger partial charge is 0.497 e. The maximum atomic E-state index is 13.7. The number of nitrogens with two attached hydrogens (primary N) is 1. The van der Waals surface area contributed by atoms with Crippen molar-refractivity contribution in [2.75, 3.05) is 33.0 Å². The molecule has 206 valence electrons. The van der Waals surface area contributed by atoms with Crippen LogP contribution in [-0.4, -0.2) is 57.6 Å². The Bertz CT molecular complexity index is 1630. The van der Waals surface area contributed by atoms with Crippen molar-refractivity contribution >= 4 is 53.9 Å². The first-order valence-corrected chi connectivity index (χ1v) is 15.1. The maximum Gasteiger partial charge on any atom is 0.241 e. The molecule has 4 aromatic rings. The van der Waals surface area contributed by atoms with E-state index in [1.54, 1.807) is 42.5 Å². The molecule has 3 heterocycles. The number of hydrogen-bond acceptors (Lipinski definition) is 8. The molecule has 1 aliphatic rings. The van der Waals surface area contributed by atoms with Gasteiger partial charge in [-0.2, -0.15) is 4.72 Å². The molecule has 5 rings (SSSR count). The number of pyridine rings is 1. The van der Waals surface area contributed by atoms with Gasteiger partial charge in [0.2, 0.25) is 15.9 Å². The molecule has 0 bridgehead atoms. The molecular weight excluding hydrogens is 536 g/mol. The van der Waals surface area contributed by atoms with Gasteiger partial charge in [-0.3, -0.25) is 4.79 Å². The zero-order valence-corrected chi connectivity index (χ0v) is 23.8. The van der Waals surface area contributed by atoms with Gasteiger partial charge in [-0.15, -0.1) is 11.3 Å². The highest BCUT2D eigenvalue weighted by Gasteiger charge is 2.32. The first-order valence-electron chi connectivity index (χ1n) is 12.8. The lowest BCUT2D eigenvalue weighted by molar-refractivity contribution is -0.134. The van der Waals surface area contributed by atoms with E-state index >= 15 is 0 Å². The Balaban J connectivity index is 1.50. The van der Waals surface area contributed by atoms with Crippen molar-refractivity contribution in [2.45, 2.75) is 37.1 Å². The van der Waals surface area contributed by atoms with E-state index in [0.29, 0.717) is 41.7 Å². The number of nitrogen functional groups attached to an aromatic ring is 1. The zero-order valence-electron chi connectivity index (χ0n) is 22.1. The Kier molecular flexibility index (Phi) is 7.66. The normalized spacial score (nSPS) is 15.5. The van der Waals surface area contributed by atoms with Crippen LogP contribution in [0.5, 0.6) is 11.5 Å². The van der Waals surface area contributed by atoms with E-state index in [4.69, 9.17) is 15.2 Å². The molecule has 1 aliphatic heterocycles. The first-order chi connectivity index (χ1) is 18.7. The fourth-order valence-corrected chi connectivity index (χ4v) is 7.30. The number of likely N-dealkylation sites (tertiary alicyclic amines) is 1. The fraction of sp³-hybridized carbons (Fsp3) is 0.357. The lowest BCUT2D eigenvalue weighted by atomic mass is 9.98. The highest BCUT2D eigenvalue weighted by atomic mass is 32.2. The molecule has 1 atom stereocenters. The number of nitrogens with one attached hydrogen (secondary N) is 1. The third kappa shape index (κ3) is 5.66. The Labute approximate surface area is 232 Å². The fourth-order valence-electron chi connectivity index (χ4n) is 4.95. The lowest BCUT2D eigenvalue weighted by Crippen LogP contribution is -2.51. The molecule has 1 saturated heterocycles. The van der Waals surface area contributed by atoms with Crippen LogP contribution < -0.4 is 19.9 Å². The van der Waals surface area contributed by atoms with Crippen molar-refractivity contribution in [3.05, 3.63) is 53.5 Å². The summed E-state index contributed by atoms with van der Waals surface area (Å²) in [5.41, 5.74) is 6.05. The van der Waals surface area contributed by atoms with Crippen molar-refractivity contribution in [2.24, 2.45) is 5.92 Å². The maximum absolute atomic E-state index is 13.7. The van der Waals surface area contributed by atoms with Gasteiger partial charge in [-0.05, 0) is 54.5 Å². The van der Waals surface area contributed by atoms with Gasteiger partial charge in [0.1, 0.15) is 23.4 Å². The summed E-state index contributed by atoms with van der Waals surface area (Å²) < 4.78 is 42.0. The summed E-state index contributed by atoms with van der Waals surface area (Å²) in [6, 6.07) is 11.2. The SMILES string of the molecule is COc1ccc2cc(S(=O)(=O)NC(Cc3cc4c(N)nccc4s3)C(=O)N3CCC(C)CC3)cc(OC)c2c1. The van der Waals surface area contributed by atoms with E-state index in [0.717, 1.165) is 33.2 Å². The van der Waals surface area contributed by atoms with Crippen LogP contribution in [0.4, 0.5) is 5.82 Å². The van der Waals surface area contributed by atoms with E-state index in [-0.39, 0.29) is 17.2 Å². The molecule has 39 heavy (non-hydrogen) atoms. The van der Waals surface area contributed by atoms with Gasteiger partial charge in [0.15, 0.2) is 0 Å². The van der Waals surface area contributed by atoms with E-state index in [9.17, 15) is 13.2 Å². The summed E-state index contributed by atoms with van der Waals surface area (Å²) in [6.07, 6.45) is 3.62. The second-order valence-corrected chi connectivity index (χ2v) is 12.8. The van der Waals surface area contributed by atoms with Crippen LogP contribution in [0.25, 0.3) is 20.9 Å². The number of benzene rings is 2. The number of hydrogen-bond donors (Lipinski definition) is 2. The lowest BCUT2D eigenvalue weighted by Gasteiger charge is -2.33.